The van der Waals surface area contributed by atoms with Gasteiger partial charge in [-0.2, -0.15) is 9.67 Å². The van der Waals surface area contributed by atoms with Crippen molar-refractivity contribution in [1.29, 1.82) is 0 Å². The van der Waals surface area contributed by atoms with Crippen molar-refractivity contribution < 1.29 is 18.1 Å². The Hall–Kier alpha value is -3.84. The van der Waals surface area contributed by atoms with E-state index in [2.05, 4.69) is 15.4 Å². The van der Waals surface area contributed by atoms with Gasteiger partial charge in [0.2, 0.25) is 21.9 Å². The summed E-state index contributed by atoms with van der Waals surface area (Å²) in [6, 6.07) is 10.7. The molecule has 2 aromatic carbocycles. The van der Waals surface area contributed by atoms with Crippen molar-refractivity contribution >= 4 is 39.2 Å². The number of carbonyl (C=O) groups excluding carboxylic acids is 1. The summed E-state index contributed by atoms with van der Waals surface area (Å²) >= 11 is 0. The first-order valence-corrected chi connectivity index (χ1v) is 9.12. The van der Waals surface area contributed by atoms with Gasteiger partial charge in [-0.3, -0.25) is 14.9 Å². The van der Waals surface area contributed by atoms with E-state index in [4.69, 9.17) is 10.9 Å². The van der Waals surface area contributed by atoms with Crippen LogP contribution in [0.4, 0.5) is 23.3 Å². The number of primary sulfonamides is 1. The lowest BCUT2D eigenvalue weighted by Crippen LogP contribution is -2.17. The van der Waals surface area contributed by atoms with Gasteiger partial charge in [0, 0.05) is 11.8 Å². The Bertz CT molecular complexity index is 1170. The molecule has 0 radical (unpaired) electrons. The molecule has 28 heavy (non-hydrogen) atoms. The first-order valence-electron chi connectivity index (χ1n) is 7.57. The van der Waals surface area contributed by atoms with Gasteiger partial charge in [-0.25, -0.2) is 13.6 Å². The van der Waals surface area contributed by atoms with Gasteiger partial charge in [0.15, 0.2) is 0 Å². The average molecular weight is 403 g/mol. The van der Waals surface area contributed by atoms with E-state index in [1.165, 1.54) is 48.5 Å². The van der Waals surface area contributed by atoms with E-state index in [1.54, 1.807) is 0 Å². The van der Waals surface area contributed by atoms with Crippen LogP contribution >= 0.6 is 0 Å². The van der Waals surface area contributed by atoms with E-state index < -0.39 is 26.5 Å². The molecule has 0 aliphatic carbocycles. The molecule has 5 N–H and O–H groups in total. The summed E-state index contributed by atoms with van der Waals surface area (Å²) in [7, 11) is -3.83. The Morgan fingerprint density at radius 1 is 1.14 bits per heavy atom. The van der Waals surface area contributed by atoms with Gasteiger partial charge in [-0.15, -0.1) is 5.10 Å². The highest BCUT2D eigenvalue weighted by Gasteiger charge is 2.24. The smallest absolute Gasteiger partial charge is 0.288 e. The third-order valence-corrected chi connectivity index (χ3v) is 4.52. The van der Waals surface area contributed by atoms with E-state index in [1.807, 2.05) is 0 Å². The maximum absolute atomic E-state index is 12.6. The lowest BCUT2D eigenvalue weighted by atomic mass is 10.1. The Morgan fingerprint density at radius 3 is 2.39 bits per heavy atom. The van der Waals surface area contributed by atoms with Crippen LogP contribution in [0.25, 0.3) is 0 Å². The zero-order valence-electron chi connectivity index (χ0n) is 14.0. The van der Waals surface area contributed by atoms with Crippen molar-refractivity contribution in [1.82, 2.24) is 14.8 Å². The van der Waals surface area contributed by atoms with Crippen LogP contribution in [-0.2, 0) is 10.0 Å². The van der Waals surface area contributed by atoms with Crippen LogP contribution in [0.3, 0.4) is 0 Å². The molecule has 144 valence electrons. The van der Waals surface area contributed by atoms with Crippen LogP contribution in [-0.4, -0.2) is 34.0 Å². The van der Waals surface area contributed by atoms with Crippen LogP contribution < -0.4 is 16.2 Å². The fourth-order valence-electron chi connectivity index (χ4n) is 2.31. The number of carbonyl (C=O) groups is 1. The molecule has 13 heteroatoms. The Balaban J connectivity index is 1.88. The summed E-state index contributed by atoms with van der Waals surface area (Å²) in [4.78, 5) is 26.8. The molecule has 1 heterocycles. The SMILES string of the molecule is Nc1nc(Nc2ccc(S(N)(=O)=O)cc2)nn1C(=O)c1ccccc1[N+](=O)[O-]. The minimum atomic E-state index is -3.83. The summed E-state index contributed by atoms with van der Waals surface area (Å²) < 4.78 is 23.3. The fraction of sp³-hybridized carbons (Fsp3) is 0. The van der Waals surface area contributed by atoms with E-state index in [-0.39, 0.29) is 22.4 Å². The van der Waals surface area contributed by atoms with Gasteiger partial charge >= 0.3 is 0 Å². The van der Waals surface area contributed by atoms with Crippen LogP contribution in [0.15, 0.2) is 53.4 Å². The zero-order valence-corrected chi connectivity index (χ0v) is 14.8. The number of nitrogens with one attached hydrogen (secondary N) is 1. The highest BCUT2D eigenvalue weighted by atomic mass is 32.2. The number of aromatic nitrogens is 3. The van der Waals surface area contributed by atoms with Crippen LogP contribution in [0.5, 0.6) is 0 Å². The minimum absolute atomic E-state index is 0.0622. The molecule has 0 saturated heterocycles. The molecule has 0 atom stereocenters. The van der Waals surface area contributed by atoms with Crippen molar-refractivity contribution in [2.75, 3.05) is 11.1 Å². The molecule has 3 rings (SSSR count). The van der Waals surface area contributed by atoms with Gasteiger partial charge < -0.3 is 11.1 Å². The molecule has 0 bridgehead atoms. The maximum atomic E-state index is 12.6. The van der Waals surface area contributed by atoms with Crippen LogP contribution in [0.2, 0.25) is 0 Å². The summed E-state index contributed by atoms with van der Waals surface area (Å²) in [6.07, 6.45) is 0. The standard InChI is InChI=1S/C15H13N7O5S/c16-14-19-15(18-9-5-7-10(8-6-9)28(17,26)27)20-21(14)13(23)11-3-1-2-4-12(11)22(24)25/h1-8H,(H2,17,26,27)(H3,16,18,19,20). The number of rotatable bonds is 5. The number of sulfonamides is 1. The molecule has 12 nitrogen and oxygen atoms in total. The van der Waals surface area contributed by atoms with Crippen molar-refractivity contribution in [2.24, 2.45) is 5.14 Å². The lowest BCUT2D eigenvalue weighted by Gasteiger charge is -2.03. The average Bonchev–Trinajstić information content (AvgIpc) is 3.01. The van der Waals surface area contributed by atoms with Crippen LogP contribution in [0.1, 0.15) is 10.4 Å². The second kappa shape index (κ2) is 7.05. The van der Waals surface area contributed by atoms with Gasteiger partial charge in [-0.05, 0) is 30.3 Å². The molecule has 0 unspecified atom stereocenters. The van der Waals surface area contributed by atoms with E-state index in [9.17, 15) is 23.3 Å². The van der Waals surface area contributed by atoms with E-state index in [0.717, 1.165) is 4.68 Å². The summed E-state index contributed by atoms with van der Waals surface area (Å²) in [6.45, 7) is 0. The normalized spacial score (nSPS) is 11.2. The Morgan fingerprint density at radius 2 is 1.79 bits per heavy atom. The fourth-order valence-corrected chi connectivity index (χ4v) is 2.83. The molecule has 0 spiro atoms. The first kappa shape index (κ1) is 18.9. The van der Waals surface area contributed by atoms with E-state index in [0.29, 0.717) is 5.69 Å². The van der Waals surface area contributed by atoms with Crippen molar-refractivity contribution in [3.8, 4) is 0 Å². The quantitative estimate of drug-likeness (QED) is 0.409. The monoisotopic (exact) mass is 403 g/mol. The second-order valence-electron chi connectivity index (χ2n) is 5.48. The largest absolute Gasteiger partial charge is 0.368 e. The molecule has 3 aromatic rings. The number of nitro groups is 1. The van der Waals surface area contributed by atoms with Crippen molar-refractivity contribution in [3.05, 3.63) is 64.2 Å². The molecule has 0 aliphatic rings. The lowest BCUT2D eigenvalue weighted by molar-refractivity contribution is -0.385. The van der Waals surface area contributed by atoms with Crippen molar-refractivity contribution in [3.63, 3.8) is 0 Å². The summed E-state index contributed by atoms with van der Waals surface area (Å²) in [5.41, 5.74) is 5.51. The Labute approximate surface area is 158 Å². The minimum Gasteiger partial charge on any atom is -0.368 e. The number of anilines is 3. The number of hydrogen-bond acceptors (Lipinski definition) is 9. The predicted molar refractivity (Wildman–Crippen MR) is 98.4 cm³/mol. The van der Waals surface area contributed by atoms with Gasteiger partial charge in [0.1, 0.15) is 5.56 Å². The molecule has 0 saturated carbocycles. The third-order valence-electron chi connectivity index (χ3n) is 3.59. The number of para-hydroxylation sites is 1. The van der Waals surface area contributed by atoms with Crippen LogP contribution in [0, 0.1) is 10.1 Å². The predicted octanol–water partition coefficient (Wildman–Crippen LogP) is 0.848. The molecular weight excluding hydrogens is 390 g/mol. The number of benzene rings is 2. The highest BCUT2D eigenvalue weighted by molar-refractivity contribution is 7.89. The van der Waals surface area contributed by atoms with Crippen molar-refractivity contribution in [2.45, 2.75) is 4.90 Å². The topological polar surface area (TPSA) is 189 Å². The molecule has 0 aliphatic heterocycles. The third kappa shape index (κ3) is 3.79. The number of hydrogen-bond donors (Lipinski definition) is 3. The Kier molecular flexibility index (Phi) is 4.77. The van der Waals surface area contributed by atoms with Gasteiger partial charge in [0.05, 0.1) is 9.82 Å². The molecular formula is C15H13N7O5S. The van der Waals surface area contributed by atoms with Gasteiger partial charge in [0.25, 0.3) is 11.6 Å². The highest BCUT2D eigenvalue weighted by Crippen LogP contribution is 2.21. The maximum Gasteiger partial charge on any atom is 0.288 e. The van der Waals surface area contributed by atoms with Gasteiger partial charge in [-0.1, -0.05) is 12.1 Å². The zero-order chi connectivity index (χ0) is 20.5. The second-order valence-corrected chi connectivity index (χ2v) is 7.04. The summed E-state index contributed by atoms with van der Waals surface area (Å²) in [5.74, 6) is -1.17. The summed E-state index contributed by atoms with van der Waals surface area (Å²) in [5, 5.41) is 22.8. The molecule has 0 fully saturated rings. The van der Waals surface area contributed by atoms with E-state index >= 15 is 0 Å². The first-order chi connectivity index (χ1) is 13.2. The molecule has 0 amide bonds. The number of nitrogen functional groups attached to an aromatic ring is 1. The number of nitrogens with zero attached hydrogens (tertiary/aromatic N) is 4. The number of nitro benzene ring substituents is 1. The molecule has 1 aromatic heterocycles. The number of nitrogens with two attached hydrogens (primary N) is 2.